The number of carbonyl (C=O) groups is 4. The van der Waals surface area contributed by atoms with Crippen LogP contribution in [-0.2, 0) is 38.1 Å². The monoisotopic (exact) mass is 758 g/mol. The first-order chi connectivity index (χ1) is 25.7. The van der Waals surface area contributed by atoms with Crippen LogP contribution in [0.4, 0.5) is 0 Å². The molecular formula is C43H71N3O8. The zero-order valence-corrected chi connectivity index (χ0v) is 34.1. The van der Waals surface area contributed by atoms with Gasteiger partial charge >= 0.3 is 23.9 Å². The van der Waals surface area contributed by atoms with Gasteiger partial charge in [-0.15, -0.1) is 0 Å². The number of allylic oxidation sites excluding steroid dienone is 3. The summed E-state index contributed by atoms with van der Waals surface area (Å²) < 4.78 is 24.4. The number of rotatable bonds is 18. The van der Waals surface area contributed by atoms with Crippen LogP contribution in [0.3, 0.4) is 0 Å². The Kier molecular flexibility index (Phi) is 16.2. The summed E-state index contributed by atoms with van der Waals surface area (Å²) in [5.41, 5.74) is 19.2. The molecule has 4 aliphatic rings. The molecule has 0 aliphatic heterocycles. The van der Waals surface area contributed by atoms with E-state index in [1.54, 1.807) is 0 Å². The van der Waals surface area contributed by atoms with Gasteiger partial charge in [0.05, 0.1) is 19.3 Å². The minimum atomic E-state index is -0.392. The highest BCUT2D eigenvalue weighted by molar-refractivity contribution is 5.71. The lowest BCUT2D eigenvalue weighted by molar-refractivity contribution is -0.225. The zero-order chi connectivity index (χ0) is 39.6. The van der Waals surface area contributed by atoms with Gasteiger partial charge in [-0.25, -0.2) is 0 Å². The van der Waals surface area contributed by atoms with Crippen LogP contribution in [-0.4, -0.2) is 68.4 Å². The molecule has 11 nitrogen and oxygen atoms in total. The van der Waals surface area contributed by atoms with Crippen molar-refractivity contribution in [3.8, 4) is 0 Å². The first-order valence-corrected chi connectivity index (χ1v) is 20.8. The standard InChI is InChI=1S/C43H71N3O8/c1-27(2)8-7-9-28(3)18-23-51-37(47)13-10-29(4)32-11-12-33-41-34(26-36(43(32,33)6)54-40(50)17-22-46)42(5)19-14-31(52-38(48)15-20-44)24-30(42)25-35(41)53-39(49)16-21-45/h8,18,29-36,41H,7,9-17,19-26,44-46H2,1-6H3/b28-18+/t29-,30?,31-,32?,33+,34+,35-,36+,41?,42+,43-/m1/s1. The molecule has 306 valence electrons. The highest BCUT2D eigenvalue weighted by Crippen LogP contribution is 2.69. The lowest BCUT2D eigenvalue weighted by Gasteiger charge is -2.64. The summed E-state index contributed by atoms with van der Waals surface area (Å²) in [6.45, 7) is 14.1. The Hall–Kier alpha value is -2.76. The average molecular weight is 758 g/mol. The lowest BCUT2D eigenvalue weighted by atomic mass is 9.43. The molecular weight excluding hydrogens is 686 g/mol. The van der Waals surface area contributed by atoms with Crippen molar-refractivity contribution in [3.63, 3.8) is 0 Å². The van der Waals surface area contributed by atoms with Crippen molar-refractivity contribution < 1.29 is 38.1 Å². The molecule has 0 bridgehead atoms. The van der Waals surface area contributed by atoms with Crippen LogP contribution in [0.5, 0.6) is 0 Å². The van der Waals surface area contributed by atoms with Crippen molar-refractivity contribution in [3.05, 3.63) is 23.3 Å². The molecule has 0 aromatic carbocycles. The van der Waals surface area contributed by atoms with Crippen LogP contribution in [0, 0.1) is 46.3 Å². The van der Waals surface area contributed by atoms with E-state index in [1.165, 1.54) is 11.1 Å². The van der Waals surface area contributed by atoms with E-state index in [2.05, 4.69) is 47.6 Å². The quantitative estimate of drug-likeness (QED) is 0.0811. The third-order valence-electron chi connectivity index (χ3n) is 13.9. The normalized spacial score (nSPS) is 33.7. The third-order valence-corrected chi connectivity index (χ3v) is 13.9. The van der Waals surface area contributed by atoms with Crippen LogP contribution < -0.4 is 17.2 Å². The van der Waals surface area contributed by atoms with Crippen LogP contribution in [0.15, 0.2) is 23.3 Å². The summed E-state index contributed by atoms with van der Waals surface area (Å²) in [7, 11) is 0. The van der Waals surface area contributed by atoms with E-state index in [0.717, 1.165) is 38.5 Å². The van der Waals surface area contributed by atoms with E-state index in [9.17, 15) is 19.2 Å². The van der Waals surface area contributed by atoms with E-state index < -0.39 is 5.41 Å². The van der Waals surface area contributed by atoms with E-state index in [0.29, 0.717) is 32.1 Å². The van der Waals surface area contributed by atoms with Gasteiger partial charge in [0, 0.05) is 37.4 Å². The summed E-state index contributed by atoms with van der Waals surface area (Å²) in [5, 5.41) is 0. The minimum absolute atomic E-state index is 0.0766. The molecule has 11 heteroatoms. The van der Waals surface area contributed by atoms with Crippen molar-refractivity contribution >= 4 is 23.9 Å². The summed E-state index contributed by atoms with van der Waals surface area (Å²) >= 11 is 0. The molecule has 3 unspecified atom stereocenters. The number of hydrogen-bond donors (Lipinski definition) is 3. The molecule has 4 aliphatic carbocycles. The molecule has 54 heavy (non-hydrogen) atoms. The minimum Gasteiger partial charge on any atom is -0.462 e. The number of carbonyl (C=O) groups excluding carboxylic acids is 4. The van der Waals surface area contributed by atoms with E-state index >= 15 is 0 Å². The number of fused-ring (bicyclic) bond motifs is 5. The molecule has 0 radical (unpaired) electrons. The summed E-state index contributed by atoms with van der Waals surface area (Å²) in [6.07, 6.45) is 12.3. The van der Waals surface area contributed by atoms with Crippen molar-refractivity contribution in [1.29, 1.82) is 0 Å². The van der Waals surface area contributed by atoms with Gasteiger partial charge in [-0.05, 0) is 126 Å². The third kappa shape index (κ3) is 10.5. The fourth-order valence-electron chi connectivity index (χ4n) is 11.1. The molecule has 0 heterocycles. The topological polar surface area (TPSA) is 183 Å². The van der Waals surface area contributed by atoms with Crippen LogP contribution in [0.25, 0.3) is 0 Å². The smallest absolute Gasteiger partial charge is 0.307 e. The molecule has 0 saturated heterocycles. The Morgan fingerprint density at radius 2 is 1.39 bits per heavy atom. The lowest BCUT2D eigenvalue weighted by Crippen LogP contribution is -2.63. The Bertz CT molecular complexity index is 1360. The van der Waals surface area contributed by atoms with Gasteiger partial charge in [0.25, 0.3) is 0 Å². The average Bonchev–Trinajstić information content (AvgIpc) is 3.46. The zero-order valence-electron chi connectivity index (χ0n) is 34.1. The van der Waals surface area contributed by atoms with Gasteiger partial charge in [0.2, 0.25) is 0 Å². The van der Waals surface area contributed by atoms with E-state index in [1.807, 2.05) is 6.08 Å². The Morgan fingerprint density at radius 3 is 2.04 bits per heavy atom. The number of ether oxygens (including phenoxy) is 4. The number of esters is 4. The van der Waals surface area contributed by atoms with Gasteiger partial charge < -0.3 is 36.1 Å². The van der Waals surface area contributed by atoms with E-state index in [4.69, 9.17) is 36.1 Å². The molecule has 4 fully saturated rings. The van der Waals surface area contributed by atoms with Crippen molar-refractivity contribution in [2.24, 2.45) is 63.5 Å². The molecule has 0 aromatic rings. The predicted molar refractivity (Wildman–Crippen MR) is 208 cm³/mol. The van der Waals surface area contributed by atoms with Gasteiger partial charge in [0.1, 0.15) is 24.9 Å². The van der Waals surface area contributed by atoms with Gasteiger partial charge in [-0.2, -0.15) is 0 Å². The fraction of sp³-hybridized carbons (Fsp3) is 0.814. The predicted octanol–water partition coefficient (Wildman–Crippen LogP) is 6.30. The summed E-state index contributed by atoms with van der Waals surface area (Å²) in [5.74, 6) is -0.194. The SMILES string of the molecule is CC(C)=CCC/C(C)=C/COC(=O)CC[C@@H](C)C1CC[C@H]2C3[C@H](OC(=O)CCN)CC4C[C@H](OC(=O)CCN)CC[C@]4(C)[C@H]3C[C@H](OC(=O)CCN)[C@]12C. The maximum Gasteiger partial charge on any atom is 0.307 e. The maximum atomic E-state index is 13.3. The molecule has 0 amide bonds. The number of nitrogens with two attached hydrogens (primary N) is 3. The van der Waals surface area contributed by atoms with Crippen LogP contribution >= 0.6 is 0 Å². The Labute approximate surface area is 324 Å². The fourth-order valence-corrected chi connectivity index (χ4v) is 11.1. The van der Waals surface area contributed by atoms with Crippen molar-refractivity contribution in [2.45, 2.75) is 150 Å². The number of hydrogen-bond acceptors (Lipinski definition) is 11. The summed E-state index contributed by atoms with van der Waals surface area (Å²) in [4.78, 5) is 51.8. The second kappa shape index (κ2) is 19.9. The van der Waals surface area contributed by atoms with Gasteiger partial charge in [0.15, 0.2) is 0 Å². The van der Waals surface area contributed by atoms with Gasteiger partial charge in [-0.3, -0.25) is 19.2 Å². The molecule has 6 N–H and O–H groups in total. The molecule has 4 saturated carbocycles. The van der Waals surface area contributed by atoms with Crippen molar-refractivity contribution in [2.75, 3.05) is 26.2 Å². The van der Waals surface area contributed by atoms with Crippen LogP contribution in [0.2, 0.25) is 0 Å². The van der Waals surface area contributed by atoms with E-state index in [-0.39, 0.29) is 129 Å². The first-order valence-electron chi connectivity index (χ1n) is 20.8. The van der Waals surface area contributed by atoms with Crippen molar-refractivity contribution in [1.82, 2.24) is 0 Å². The Morgan fingerprint density at radius 1 is 0.741 bits per heavy atom. The first kappa shape index (κ1) is 44.0. The van der Waals surface area contributed by atoms with Crippen LogP contribution in [0.1, 0.15) is 131 Å². The molecule has 0 spiro atoms. The largest absolute Gasteiger partial charge is 0.462 e. The maximum absolute atomic E-state index is 13.3. The highest BCUT2D eigenvalue weighted by Gasteiger charge is 2.67. The van der Waals surface area contributed by atoms with Gasteiger partial charge in [-0.1, -0.05) is 38.0 Å². The second-order valence-corrected chi connectivity index (χ2v) is 17.6. The Balaban J connectivity index is 1.56. The molecule has 4 rings (SSSR count). The molecule has 0 aromatic heterocycles. The summed E-state index contributed by atoms with van der Waals surface area (Å²) in [6, 6.07) is 0. The second-order valence-electron chi connectivity index (χ2n) is 17.6. The highest BCUT2D eigenvalue weighted by atomic mass is 16.6. The molecule has 11 atom stereocenters.